The summed E-state index contributed by atoms with van der Waals surface area (Å²) in [6, 6.07) is 2.29. The van der Waals surface area contributed by atoms with Crippen LogP contribution in [0.15, 0.2) is 12.7 Å². The van der Waals surface area contributed by atoms with E-state index in [9.17, 15) is 15.2 Å². The summed E-state index contributed by atoms with van der Waals surface area (Å²) in [5, 5.41) is 19.8. The summed E-state index contributed by atoms with van der Waals surface area (Å²) in [6.07, 6.45) is 3.36. The molecule has 2 rings (SSSR count). The van der Waals surface area contributed by atoms with Gasteiger partial charge in [-0.05, 0) is 36.5 Å². The number of fused-ring (bicyclic) bond motifs is 1. The van der Waals surface area contributed by atoms with E-state index in [1.807, 2.05) is 6.08 Å². The zero-order valence-corrected chi connectivity index (χ0v) is 11.1. The molecule has 1 unspecified atom stereocenters. The number of nitriles is 1. The van der Waals surface area contributed by atoms with E-state index in [2.05, 4.69) is 26.5 Å². The molecular formula is C15H21NO2. The first kappa shape index (κ1) is 13.3. The molecule has 2 aliphatic carbocycles. The second kappa shape index (κ2) is 4.20. The number of carbonyl (C=O) groups excluding carboxylic acids is 1. The van der Waals surface area contributed by atoms with Crippen LogP contribution in [0.5, 0.6) is 0 Å². The molecule has 0 aromatic heterocycles. The Labute approximate surface area is 108 Å². The van der Waals surface area contributed by atoms with Crippen molar-refractivity contribution in [3.63, 3.8) is 0 Å². The van der Waals surface area contributed by atoms with Crippen LogP contribution in [0.3, 0.4) is 0 Å². The molecule has 0 heterocycles. The molecule has 0 spiro atoms. The largest absolute Gasteiger partial charge is 0.384 e. The Morgan fingerprint density at radius 2 is 2.22 bits per heavy atom. The number of aliphatic hydroxyl groups excluding tert-OH is 1. The second-order valence-corrected chi connectivity index (χ2v) is 6.12. The zero-order valence-electron chi connectivity index (χ0n) is 11.1. The highest BCUT2D eigenvalue weighted by atomic mass is 16.3. The third-order valence-electron chi connectivity index (χ3n) is 5.55. The van der Waals surface area contributed by atoms with Crippen molar-refractivity contribution in [2.45, 2.75) is 45.6 Å². The van der Waals surface area contributed by atoms with E-state index < -0.39 is 11.5 Å². The van der Waals surface area contributed by atoms with Gasteiger partial charge in [-0.2, -0.15) is 5.26 Å². The Morgan fingerprint density at radius 1 is 1.56 bits per heavy atom. The van der Waals surface area contributed by atoms with E-state index in [1.54, 1.807) is 0 Å². The molecule has 0 bridgehead atoms. The van der Waals surface area contributed by atoms with E-state index in [4.69, 9.17) is 0 Å². The van der Waals surface area contributed by atoms with Crippen LogP contribution in [0.4, 0.5) is 0 Å². The number of hydrogen-bond acceptors (Lipinski definition) is 3. The molecule has 1 N–H and O–H groups in total. The molecule has 0 amide bonds. The minimum absolute atomic E-state index is 0.0314. The first-order chi connectivity index (χ1) is 8.42. The molecule has 3 nitrogen and oxygen atoms in total. The van der Waals surface area contributed by atoms with Crippen molar-refractivity contribution in [3.8, 4) is 6.07 Å². The highest BCUT2D eigenvalue weighted by Crippen LogP contribution is 2.59. The highest BCUT2D eigenvalue weighted by Gasteiger charge is 2.60. The summed E-state index contributed by atoms with van der Waals surface area (Å²) in [7, 11) is 0. The van der Waals surface area contributed by atoms with Crippen molar-refractivity contribution in [2.24, 2.45) is 22.7 Å². The monoisotopic (exact) mass is 247 g/mol. The van der Waals surface area contributed by atoms with Crippen molar-refractivity contribution < 1.29 is 9.90 Å². The summed E-state index contributed by atoms with van der Waals surface area (Å²) in [5.74, 6) is 0.291. The maximum absolute atomic E-state index is 11.8. The Morgan fingerprint density at radius 3 is 2.78 bits per heavy atom. The lowest BCUT2D eigenvalue weighted by molar-refractivity contribution is -0.151. The van der Waals surface area contributed by atoms with Gasteiger partial charge < -0.3 is 5.11 Å². The van der Waals surface area contributed by atoms with Crippen molar-refractivity contribution in [3.05, 3.63) is 12.7 Å². The van der Waals surface area contributed by atoms with Crippen LogP contribution >= 0.6 is 0 Å². The van der Waals surface area contributed by atoms with Crippen LogP contribution in [-0.4, -0.2) is 17.0 Å². The SMILES string of the molecule is C=C[C@@]1(C)[C@H](C)CC[C@@]2(C#N)C(O)C(=O)CC[C@H]12. The summed E-state index contributed by atoms with van der Waals surface area (Å²) < 4.78 is 0. The lowest BCUT2D eigenvalue weighted by Crippen LogP contribution is -2.57. The molecule has 2 aliphatic rings. The molecule has 0 aromatic carbocycles. The van der Waals surface area contributed by atoms with Gasteiger partial charge in [0.25, 0.3) is 0 Å². The van der Waals surface area contributed by atoms with Gasteiger partial charge >= 0.3 is 0 Å². The highest BCUT2D eigenvalue weighted by molar-refractivity contribution is 5.85. The van der Waals surface area contributed by atoms with Crippen molar-refractivity contribution in [2.75, 3.05) is 0 Å². The topological polar surface area (TPSA) is 61.1 Å². The smallest absolute Gasteiger partial charge is 0.162 e. The van der Waals surface area contributed by atoms with Crippen LogP contribution < -0.4 is 0 Å². The standard InChI is InChI=1S/C15H21NO2/c1-4-14(3)10(2)7-8-15(9-16)12(14)6-5-11(17)13(15)18/h4,10,12-13,18H,1,5-8H2,2-3H3/t10-,12-,13?,14+,15+/m1/s1. The number of ketones is 1. The number of allylic oxidation sites excluding steroid dienone is 1. The van der Waals surface area contributed by atoms with Crippen LogP contribution in [0.1, 0.15) is 39.5 Å². The molecule has 0 aliphatic heterocycles. The summed E-state index contributed by atoms with van der Waals surface area (Å²) >= 11 is 0. The van der Waals surface area contributed by atoms with Crippen LogP contribution in [0, 0.1) is 34.0 Å². The van der Waals surface area contributed by atoms with Crippen LogP contribution in [-0.2, 0) is 4.79 Å². The molecule has 18 heavy (non-hydrogen) atoms. The van der Waals surface area contributed by atoms with Crippen molar-refractivity contribution in [1.82, 2.24) is 0 Å². The molecule has 98 valence electrons. The molecule has 0 aromatic rings. The predicted octanol–water partition coefficient (Wildman–Crippen LogP) is 2.46. The molecule has 5 atom stereocenters. The van der Waals surface area contributed by atoms with Gasteiger partial charge in [-0.1, -0.05) is 19.9 Å². The lowest BCUT2D eigenvalue weighted by atomic mass is 9.47. The second-order valence-electron chi connectivity index (χ2n) is 6.12. The van der Waals surface area contributed by atoms with E-state index in [-0.39, 0.29) is 17.1 Å². The summed E-state index contributed by atoms with van der Waals surface area (Å²) in [6.45, 7) is 8.22. The average molecular weight is 247 g/mol. The van der Waals surface area contributed by atoms with Gasteiger partial charge in [0.05, 0.1) is 11.5 Å². The number of carbonyl (C=O) groups is 1. The molecular weight excluding hydrogens is 226 g/mol. The quantitative estimate of drug-likeness (QED) is 0.724. The first-order valence-electron chi connectivity index (χ1n) is 6.68. The summed E-state index contributed by atoms with van der Waals surface area (Å²) in [5.41, 5.74) is -1.07. The minimum atomic E-state index is -1.12. The third kappa shape index (κ3) is 1.48. The van der Waals surface area contributed by atoms with Crippen LogP contribution in [0.2, 0.25) is 0 Å². The minimum Gasteiger partial charge on any atom is -0.384 e. The average Bonchev–Trinajstić information content (AvgIpc) is 2.38. The van der Waals surface area contributed by atoms with Gasteiger partial charge in [-0.25, -0.2) is 0 Å². The van der Waals surface area contributed by atoms with Crippen molar-refractivity contribution >= 4 is 5.78 Å². The Bertz CT molecular complexity index is 425. The predicted molar refractivity (Wildman–Crippen MR) is 68.5 cm³/mol. The van der Waals surface area contributed by atoms with Crippen LogP contribution in [0.25, 0.3) is 0 Å². The maximum atomic E-state index is 11.8. The van der Waals surface area contributed by atoms with Gasteiger partial charge in [0.15, 0.2) is 5.78 Å². The normalized spacial score (nSPS) is 48.1. The fourth-order valence-electron chi connectivity index (χ4n) is 3.98. The van der Waals surface area contributed by atoms with E-state index in [0.717, 1.165) is 6.42 Å². The third-order valence-corrected chi connectivity index (χ3v) is 5.55. The summed E-state index contributed by atoms with van der Waals surface area (Å²) in [4.78, 5) is 11.8. The molecule has 2 saturated carbocycles. The van der Waals surface area contributed by atoms with Gasteiger partial charge in [-0.15, -0.1) is 6.58 Å². The van der Waals surface area contributed by atoms with Gasteiger partial charge in [0, 0.05) is 6.42 Å². The zero-order chi connectivity index (χ0) is 13.6. The molecule has 0 saturated heterocycles. The van der Waals surface area contributed by atoms with Gasteiger partial charge in [0.2, 0.25) is 0 Å². The fraction of sp³-hybridized carbons (Fsp3) is 0.733. The molecule has 2 fully saturated rings. The van der Waals surface area contributed by atoms with E-state index >= 15 is 0 Å². The number of rotatable bonds is 1. The lowest BCUT2D eigenvalue weighted by Gasteiger charge is -2.55. The Balaban J connectivity index is 2.51. The number of aliphatic hydroxyl groups is 1. The number of Topliss-reactive ketones (excluding diaryl/α,β-unsaturated/α-hetero) is 1. The molecule has 3 heteroatoms. The first-order valence-corrected chi connectivity index (χ1v) is 6.68. The van der Waals surface area contributed by atoms with E-state index in [0.29, 0.717) is 25.2 Å². The Kier molecular flexibility index (Phi) is 3.11. The molecule has 0 radical (unpaired) electrons. The van der Waals surface area contributed by atoms with E-state index in [1.165, 1.54) is 0 Å². The van der Waals surface area contributed by atoms with Gasteiger partial charge in [0.1, 0.15) is 6.10 Å². The van der Waals surface area contributed by atoms with Crippen molar-refractivity contribution in [1.29, 1.82) is 5.26 Å². The Hall–Kier alpha value is -1.14. The number of hydrogen-bond donors (Lipinski definition) is 1. The fourth-order valence-corrected chi connectivity index (χ4v) is 3.98. The van der Waals surface area contributed by atoms with Gasteiger partial charge in [-0.3, -0.25) is 4.79 Å². The maximum Gasteiger partial charge on any atom is 0.162 e. The number of nitrogens with zero attached hydrogens (tertiary/aromatic N) is 1.